The minimum atomic E-state index is 0.248. The van der Waals surface area contributed by atoms with Crippen molar-refractivity contribution in [2.24, 2.45) is 0 Å². The first-order valence-electron chi connectivity index (χ1n) is 5.54. The molecular weight excluding hydrogens is 320 g/mol. The summed E-state index contributed by atoms with van der Waals surface area (Å²) in [4.78, 5) is 10.9. The summed E-state index contributed by atoms with van der Waals surface area (Å²) in [7, 11) is 0. The summed E-state index contributed by atoms with van der Waals surface area (Å²) >= 11 is 3.25. The van der Waals surface area contributed by atoms with E-state index >= 15 is 0 Å². The Morgan fingerprint density at radius 3 is 2.30 bits per heavy atom. The van der Waals surface area contributed by atoms with Crippen molar-refractivity contribution >= 4 is 22.2 Å². The summed E-state index contributed by atoms with van der Waals surface area (Å²) in [5.74, 6) is 0.906. The predicted molar refractivity (Wildman–Crippen MR) is 75.5 cm³/mol. The number of hydrogen-bond acceptors (Lipinski definition) is 4. The molecule has 0 saturated carbocycles. The summed E-state index contributed by atoms with van der Waals surface area (Å²) < 4.78 is 6.26. The van der Waals surface area contributed by atoms with Gasteiger partial charge in [0.1, 0.15) is 23.6 Å². The first-order valence-corrected chi connectivity index (χ1v) is 6.34. The molecule has 4 nitrogen and oxygen atoms in total. The van der Waals surface area contributed by atoms with Gasteiger partial charge in [-0.2, -0.15) is 10.5 Å². The van der Waals surface area contributed by atoms with Crippen molar-refractivity contribution in [1.82, 2.24) is 0 Å². The van der Waals surface area contributed by atoms with E-state index in [1.807, 2.05) is 12.1 Å². The van der Waals surface area contributed by atoms with Gasteiger partial charge < -0.3 is 4.74 Å². The zero-order valence-electron chi connectivity index (χ0n) is 10.1. The highest BCUT2D eigenvalue weighted by atomic mass is 79.9. The third-order valence-electron chi connectivity index (χ3n) is 2.56. The van der Waals surface area contributed by atoms with Crippen LogP contribution in [0.15, 0.2) is 40.9 Å². The van der Waals surface area contributed by atoms with Crippen LogP contribution in [-0.2, 0) is 0 Å². The van der Waals surface area contributed by atoms with Crippen LogP contribution >= 0.6 is 15.9 Å². The van der Waals surface area contributed by atoms with Crippen LogP contribution in [0.4, 0.5) is 0 Å². The van der Waals surface area contributed by atoms with Crippen molar-refractivity contribution in [2.45, 2.75) is 0 Å². The maximum Gasteiger partial charge on any atom is 0.151 e. The maximum atomic E-state index is 10.9. The Morgan fingerprint density at radius 1 is 1.00 bits per heavy atom. The van der Waals surface area contributed by atoms with Crippen LogP contribution in [0.1, 0.15) is 21.5 Å². The third kappa shape index (κ3) is 2.85. The number of rotatable bonds is 3. The van der Waals surface area contributed by atoms with E-state index in [1.54, 1.807) is 24.3 Å². The standard InChI is InChI=1S/C15H7BrN2O2/c16-15-4-3-14(6-12(15)9-19)20-13-2-1-10(7-17)11(5-13)8-18/h1-6,9H. The van der Waals surface area contributed by atoms with E-state index in [-0.39, 0.29) is 5.56 Å². The Morgan fingerprint density at radius 2 is 1.65 bits per heavy atom. The molecule has 2 rings (SSSR count). The van der Waals surface area contributed by atoms with Gasteiger partial charge in [-0.25, -0.2) is 0 Å². The van der Waals surface area contributed by atoms with Gasteiger partial charge in [-0.15, -0.1) is 0 Å². The fraction of sp³-hybridized carbons (Fsp3) is 0. The van der Waals surface area contributed by atoms with E-state index in [2.05, 4.69) is 15.9 Å². The monoisotopic (exact) mass is 326 g/mol. The van der Waals surface area contributed by atoms with Crippen LogP contribution in [0.5, 0.6) is 11.5 Å². The van der Waals surface area contributed by atoms with E-state index in [0.29, 0.717) is 27.1 Å². The average Bonchev–Trinajstić information content (AvgIpc) is 2.49. The molecule has 0 spiro atoms. The van der Waals surface area contributed by atoms with Crippen LogP contribution in [-0.4, -0.2) is 6.29 Å². The molecule has 0 atom stereocenters. The molecule has 0 amide bonds. The van der Waals surface area contributed by atoms with Crippen LogP contribution in [0.25, 0.3) is 0 Å². The molecule has 0 aliphatic rings. The molecule has 2 aromatic carbocycles. The van der Waals surface area contributed by atoms with Crippen molar-refractivity contribution in [1.29, 1.82) is 10.5 Å². The summed E-state index contributed by atoms with van der Waals surface area (Å²) in [5, 5.41) is 17.8. The third-order valence-corrected chi connectivity index (χ3v) is 3.28. The van der Waals surface area contributed by atoms with Gasteiger partial charge in [-0.3, -0.25) is 4.79 Å². The van der Waals surface area contributed by atoms with Crippen LogP contribution in [0.2, 0.25) is 0 Å². The van der Waals surface area contributed by atoms with Gasteiger partial charge in [0, 0.05) is 10.0 Å². The molecular formula is C15H7BrN2O2. The van der Waals surface area contributed by atoms with Crippen molar-refractivity contribution in [3.8, 4) is 23.6 Å². The number of benzene rings is 2. The molecule has 0 aliphatic carbocycles. The molecule has 5 heteroatoms. The first kappa shape index (κ1) is 13.8. The van der Waals surface area contributed by atoms with Gasteiger partial charge in [0.15, 0.2) is 6.29 Å². The largest absolute Gasteiger partial charge is 0.457 e. The fourth-order valence-electron chi connectivity index (χ4n) is 1.59. The van der Waals surface area contributed by atoms with E-state index in [1.165, 1.54) is 12.1 Å². The minimum absolute atomic E-state index is 0.248. The molecule has 0 unspecified atom stereocenters. The molecule has 0 fully saturated rings. The highest BCUT2D eigenvalue weighted by Gasteiger charge is 2.06. The fourth-order valence-corrected chi connectivity index (χ4v) is 1.93. The summed E-state index contributed by atoms with van der Waals surface area (Å²) in [6.45, 7) is 0. The van der Waals surface area contributed by atoms with Gasteiger partial charge in [0.2, 0.25) is 0 Å². The average molecular weight is 327 g/mol. The Balaban J connectivity index is 2.34. The van der Waals surface area contributed by atoms with E-state index in [9.17, 15) is 4.79 Å². The van der Waals surface area contributed by atoms with Gasteiger partial charge in [-0.1, -0.05) is 15.9 Å². The van der Waals surface area contributed by atoms with Gasteiger partial charge >= 0.3 is 0 Å². The van der Waals surface area contributed by atoms with Gasteiger partial charge in [0.05, 0.1) is 11.1 Å². The molecule has 2 aromatic rings. The second-order valence-corrected chi connectivity index (χ2v) is 4.69. The van der Waals surface area contributed by atoms with E-state index in [4.69, 9.17) is 15.3 Å². The molecule has 0 aromatic heterocycles. The second-order valence-electron chi connectivity index (χ2n) is 3.83. The van der Waals surface area contributed by atoms with Gasteiger partial charge in [0.25, 0.3) is 0 Å². The number of nitrogens with zero attached hydrogens (tertiary/aromatic N) is 2. The number of carbonyl (C=O) groups excluding carboxylic acids is 1. The summed E-state index contributed by atoms with van der Waals surface area (Å²) in [5.41, 5.74) is 1.01. The molecule has 0 saturated heterocycles. The van der Waals surface area contributed by atoms with Crippen LogP contribution in [0, 0.1) is 22.7 Å². The normalized spacial score (nSPS) is 9.35. The number of carbonyl (C=O) groups is 1. The predicted octanol–water partition coefficient (Wildman–Crippen LogP) is 3.80. The number of aldehydes is 1. The quantitative estimate of drug-likeness (QED) is 0.804. The van der Waals surface area contributed by atoms with Crippen molar-refractivity contribution in [3.05, 3.63) is 57.6 Å². The second kappa shape index (κ2) is 6.01. The first-order chi connectivity index (χ1) is 9.67. The lowest BCUT2D eigenvalue weighted by Gasteiger charge is -2.07. The minimum Gasteiger partial charge on any atom is -0.457 e. The number of halogens is 1. The van der Waals surface area contributed by atoms with Crippen LogP contribution < -0.4 is 4.74 Å². The smallest absolute Gasteiger partial charge is 0.151 e. The lowest BCUT2D eigenvalue weighted by molar-refractivity contribution is 0.112. The highest BCUT2D eigenvalue weighted by molar-refractivity contribution is 9.10. The maximum absolute atomic E-state index is 10.9. The topological polar surface area (TPSA) is 73.9 Å². The Bertz CT molecular complexity index is 757. The Kier molecular flexibility index (Phi) is 4.14. The van der Waals surface area contributed by atoms with E-state index < -0.39 is 0 Å². The molecule has 0 radical (unpaired) electrons. The molecule has 0 N–H and O–H groups in total. The van der Waals surface area contributed by atoms with Crippen molar-refractivity contribution < 1.29 is 9.53 Å². The Hall–Kier alpha value is -2.63. The molecule has 0 aliphatic heterocycles. The molecule has 0 bridgehead atoms. The van der Waals surface area contributed by atoms with E-state index in [0.717, 1.165) is 6.29 Å². The lowest BCUT2D eigenvalue weighted by atomic mass is 10.1. The lowest BCUT2D eigenvalue weighted by Crippen LogP contribution is -1.90. The number of nitriles is 2. The highest BCUT2D eigenvalue weighted by Crippen LogP contribution is 2.27. The van der Waals surface area contributed by atoms with Crippen molar-refractivity contribution in [3.63, 3.8) is 0 Å². The van der Waals surface area contributed by atoms with Crippen molar-refractivity contribution in [2.75, 3.05) is 0 Å². The Labute approximate surface area is 124 Å². The molecule has 0 heterocycles. The van der Waals surface area contributed by atoms with Gasteiger partial charge in [-0.05, 0) is 36.4 Å². The zero-order valence-corrected chi connectivity index (χ0v) is 11.7. The molecule has 20 heavy (non-hydrogen) atoms. The number of hydrogen-bond donors (Lipinski definition) is 0. The summed E-state index contributed by atoms with van der Waals surface area (Å²) in [6.07, 6.45) is 0.719. The summed E-state index contributed by atoms with van der Waals surface area (Å²) in [6, 6.07) is 13.5. The zero-order chi connectivity index (χ0) is 14.5. The molecule has 96 valence electrons. The number of ether oxygens (including phenoxy) is 1. The SMILES string of the molecule is N#Cc1ccc(Oc2ccc(Br)c(C=O)c2)cc1C#N. The van der Waals surface area contributed by atoms with Crippen LogP contribution in [0.3, 0.4) is 0 Å².